The smallest absolute Gasteiger partial charge is 0.0621 e. The molecule has 52 valence electrons. The van der Waals surface area contributed by atoms with Crippen LogP contribution < -0.4 is 0 Å². The summed E-state index contributed by atoms with van der Waals surface area (Å²) in [7, 11) is 0. The molecule has 0 aromatic carbocycles. The van der Waals surface area contributed by atoms with Gasteiger partial charge in [0.2, 0.25) is 0 Å². The van der Waals surface area contributed by atoms with Gasteiger partial charge in [0.25, 0.3) is 0 Å². The predicted octanol–water partition coefficient (Wildman–Crippen LogP) is 2.70. The number of hydrogen-bond donors (Lipinski definition) is 0. The number of nitriles is 1. The van der Waals surface area contributed by atoms with E-state index in [1.807, 2.05) is 0 Å². The van der Waals surface area contributed by atoms with Gasteiger partial charge in [0.05, 0.1) is 6.07 Å². The van der Waals surface area contributed by atoms with Gasteiger partial charge in [-0.1, -0.05) is 6.92 Å². The van der Waals surface area contributed by atoms with Gasteiger partial charge in [-0.05, 0) is 19.3 Å². The Bertz CT molecular complexity index is 95.6. The fourth-order valence-corrected chi connectivity index (χ4v) is 0.761. The lowest BCUT2D eigenvalue weighted by atomic mass is 10.2. The van der Waals surface area contributed by atoms with E-state index in [4.69, 9.17) is 16.9 Å². The van der Waals surface area contributed by atoms with E-state index in [1.165, 1.54) is 0 Å². The maximum Gasteiger partial charge on any atom is 0.0621 e. The molecular weight excluding hydrogens is 134 g/mol. The molecule has 0 rings (SSSR count). The minimum atomic E-state index is 0.276. The molecule has 1 atom stereocenters. The number of rotatable bonds is 4. The van der Waals surface area contributed by atoms with Gasteiger partial charge in [0, 0.05) is 11.8 Å². The first kappa shape index (κ1) is 8.78. The van der Waals surface area contributed by atoms with Gasteiger partial charge in [-0.2, -0.15) is 5.26 Å². The largest absolute Gasteiger partial charge is 0.198 e. The fourth-order valence-electron chi connectivity index (χ4n) is 0.607. The molecule has 0 aliphatic carbocycles. The second kappa shape index (κ2) is 5.91. The summed E-state index contributed by atoms with van der Waals surface area (Å²) < 4.78 is 0. The lowest BCUT2D eigenvalue weighted by Crippen LogP contribution is -1.94. The Hall–Kier alpha value is -0.220. The fraction of sp³-hybridized carbons (Fsp3) is 0.857. The number of hydrogen-bond acceptors (Lipinski definition) is 1. The Kier molecular flexibility index (Phi) is 5.76. The Labute approximate surface area is 61.6 Å². The van der Waals surface area contributed by atoms with Crippen molar-refractivity contribution in [2.45, 2.75) is 38.0 Å². The zero-order chi connectivity index (χ0) is 7.11. The molecule has 0 radical (unpaired) electrons. The molecule has 0 aromatic rings. The summed E-state index contributed by atoms with van der Waals surface area (Å²) in [5, 5.41) is 8.44. The van der Waals surface area contributed by atoms with Crippen LogP contribution in [-0.2, 0) is 0 Å². The normalized spacial score (nSPS) is 12.6. The van der Waals surface area contributed by atoms with Gasteiger partial charge < -0.3 is 0 Å². The maximum absolute atomic E-state index is 8.16. The number of nitrogens with zero attached hydrogens (tertiary/aromatic N) is 1. The molecule has 0 amide bonds. The van der Waals surface area contributed by atoms with Gasteiger partial charge in [-0.25, -0.2) is 0 Å². The Morgan fingerprint density at radius 3 is 2.78 bits per heavy atom. The monoisotopic (exact) mass is 145 g/mol. The van der Waals surface area contributed by atoms with Crippen LogP contribution in [0.25, 0.3) is 0 Å². The second-order valence-electron chi connectivity index (χ2n) is 2.06. The molecule has 1 unspecified atom stereocenters. The minimum absolute atomic E-state index is 0.276. The molecule has 0 bridgehead atoms. The molecule has 0 spiro atoms. The summed E-state index contributed by atoms with van der Waals surface area (Å²) in [5.41, 5.74) is 0. The average Bonchev–Trinajstić information content (AvgIpc) is 1.89. The third-order valence-electron chi connectivity index (χ3n) is 1.25. The van der Waals surface area contributed by atoms with Crippen LogP contribution in [0.4, 0.5) is 0 Å². The van der Waals surface area contributed by atoms with Crippen molar-refractivity contribution >= 4 is 11.6 Å². The highest BCUT2D eigenvalue weighted by Gasteiger charge is 1.98. The molecule has 0 saturated carbocycles. The Morgan fingerprint density at radius 2 is 2.33 bits per heavy atom. The number of unbranched alkanes of at least 4 members (excludes halogenated alkanes) is 1. The van der Waals surface area contributed by atoms with Crippen molar-refractivity contribution in [3.63, 3.8) is 0 Å². The van der Waals surface area contributed by atoms with Crippen molar-refractivity contribution in [1.82, 2.24) is 0 Å². The van der Waals surface area contributed by atoms with Gasteiger partial charge in [0.15, 0.2) is 0 Å². The number of halogens is 1. The lowest BCUT2D eigenvalue weighted by Gasteiger charge is -2.01. The van der Waals surface area contributed by atoms with E-state index in [-0.39, 0.29) is 5.38 Å². The third-order valence-corrected chi connectivity index (χ3v) is 1.78. The predicted molar refractivity (Wildman–Crippen MR) is 39.4 cm³/mol. The summed E-state index contributed by atoms with van der Waals surface area (Å²) in [5.74, 6) is 0. The van der Waals surface area contributed by atoms with Crippen molar-refractivity contribution in [1.29, 1.82) is 5.26 Å². The second-order valence-corrected chi connectivity index (χ2v) is 2.67. The summed E-state index contributed by atoms with van der Waals surface area (Å²) in [6.45, 7) is 2.06. The van der Waals surface area contributed by atoms with Crippen molar-refractivity contribution in [3.05, 3.63) is 0 Å². The van der Waals surface area contributed by atoms with E-state index < -0.39 is 0 Å². The summed E-state index contributed by atoms with van der Waals surface area (Å²) in [6.07, 6.45) is 3.57. The van der Waals surface area contributed by atoms with E-state index in [2.05, 4.69) is 13.0 Å². The van der Waals surface area contributed by atoms with E-state index in [1.54, 1.807) is 0 Å². The van der Waals surface area contributed by atoms with E-state index in [0.717, 1.165) is 19.3 Å². The molecule has 0 saturated heterocycles. The molecular formula is C7H12ClN. The molecule has 0 aliphatic heterocycles. The first-order chi connectivity index (χ1) is 4.31. The molecule has 2 heteroatoms. The quantitative estimate of drug-likeness (QED) is 0.441. The highest BCUT2D eigenvalue weighted by atomic mass is 35.5. The highest BCUT2D eigenvalue weighted by Crippen LogP contribution is 2.09. The van der Waals surface area contributed by atoms with Crippen LogP contribution in [0.3, 0.4) is 0 Å². The van der Waals surface area contributed by atoms with Crippen molar-refractivity contribution < 1.29 is 0 Å². The van der Waals surface area contributed by atoms with Gasteiger partial charge >= 0.3 is 0 Å². The molecule has 0 N–H and O–H groups in total. The first-order valence-electron chi connectivity index (χ1n) is 3.32. The molecule has 0 aromatic heterocycles. The lowest BCUT2D eigenvalue weighted by molar-refractivity contribution is 0.686. The average molecular weight is 146 g/mol. The van der Waals surface area contributed by atoms with Gasteiger partial charge in [-0.15, -0.1) is 11.6 Å². The van der Waals surface area contributed by atoms with Gasteiger partial charge in [-0.3, -0.25) is 0 Å². The standard InChI is InChI=1S/C7H12ClN/c1-2-7(8)5-3-4-6-9/h7H,2-5H2,1H3. The van der Waals surface area contributed by atoms with Crippen LogP contribution in [-0.4, -0.2) is 5.38 Å². The molecule has 0 aliphatic rings. The van der Waals surface area contributed by atoms with Crippen LogP contribution in [0.2, 0.25) is 0 Å². The summed E-state index contributed by atoms with van der Waals surface area (Å²) in [4.78, 5) is 0. The van der Waals surface area contributed by atoms with Crippen LogP contribution in [0, 0.1) is 11.3 Å². The molecule has 9 heavy (non-hydrogen) atoms. The highest BCUT2D eigenvalue weighted by molar-refractivity contribution is 6.20. The van der Waals surface area contributed by atoms with E-state index >= 15 is 0 Å². The van der Waals surface area contributed by atoms with Crippen LogP contribution in [0.1, 0.15) is 32.6 Å². The zero-order valence-corrected chi connectivity index (χ0v) is 6.49. The minimum Gasteiger partial charge on any atom is -0.198 e. The van der Waals surface area contributed by atoms with Crippen LogP contribution >= 0.6 is 11.6 Å². The van der Waals surface area contributed by atoms with Crippen molar-refractivity contribution in [2.75, 3.05) is 0 Å². The zero-order valence-electron chi connectivity index (χ0n) is 5.73. The van der Waals surface area contributed by atoms with E-state index in [0.29, 0.717) is 6.42 Å². The number of alkyl halides is 1. The SMILES string of the molecule is CCC(Cl)CCCC#N. The van der Waals surface area contributed by atoms with Crippen LogP contribution in [0.15, 0.2) is 0 Å². The topological polar surface area (TPSA) is 23.8 Å². The van der Waals surface area contributed by atoms with E-state index in [9.17, 15) is 0 Å². The molecule has 0 heterocycles. The van der Waals surface area contributed by atoms with Crippen molar-refractivity contribution in [3.8, 4) is 6.07 Å². The third kappa shape index (κ3) is 5.65. The van der Waals surface area contributed by atoms with Crippen molar-refractivity contribution in [2.24, 2.45) is 0 Å². The maximum atomic E-state index is 8.16. The Morgan fingerprint density at radius 1 is 1.67 bits per heavy atom. The Balaban J connectivity index is 2.99. The summed E-state index contributed by atoms with van der Waals surface area (Å²) >= 11 is 5.79. The van der Waals surface area contributed by atoms with Gasteiger partial charge in [0.1, 0.15) is 0 Å². The molecule has 1 nitrogen and oxygen atoms in total. The van der Waals surface area contributed by atoms with Crippen LogP contribution in [0.5, 0.6) is 0 Å². The summed E-state index contributed by atoms with van der Waals surface area (Å²) in [6, 6.07) is 2.09. The first-order valence-corrected chi connectivity index (χ1v) is 3.76. The molecule has 0 fully saturated rings.